The maximum atomic E-state index is 13.1. The van der Waals surface area contributed by atoms with Crippen LogP contribution in [0.4, 0.5) is 41.9 Å². The summed E-state index contributed by atoms with van der Waals surface area (Å²) in [6.07, 6.45) is -1.73. The molecule has 0 radical (unpaired) electrons. The third kappa shape index (κ3) is 6.44. The zero-order valence-electron chi connectivity index (χ0n) is 20.4. The van der Waals surface area contributed by atoms with Crippen LogP contribution in [0, 0.1) is 13.8 Å². The highest BCUT2D eigenvalue weighted by Crippen LogP contribution is 2.31. The van der Waals surface area contributed by atoms with Crippen molar-refractivity contribution < 1.29 is 22.8 Å². The lowest BCUT2D eigenvalue weighted by atomic mass is 10.0. The van der Waals surface area contributed by atoms with Crippen LogP contribution in [0.1, 0.15) is 37.4 Å². The molecule has 3 aromatic carbocycles. The Morgan fingerprint density at radius 1 is 0.816 bits per heavy atom. The number of rotatable bonds is 6. The Balaban J connectivity index is 1.46. The molecule has 11 heteroatoms. The number of anilines is 5. The van der Waals surface area contributed by atoms with Gasteiger partial charge in [0.1, 0.15) is 0 Å². The lowest BCUT2D eigenvalue weighted by Crippen LogP contribution is -2.17. The van der Waals surface area contributed by atoms with Gasteiger partial charge in [0.2, 0.25) is 5.95 Å². The second kappa shape index (κ2) is 10.6. The number of aryl methyl sites for hydroxylation is 2. The van der Waals surface area contributed by atoms with Gasteiger partial charge in [-0.15, -0.1) is 0 Å². The molecule has 0 bridgehead atoms. The number of hydrogen-bond donors (Lipinski definition) is 4. The van der Waals surface area contributed by atoms with Gasteiger partial charge in [0.15, 0.2) is 0 Å². The molecule has 0 unspecified atom stereocenters. The van der Waals surface area contributed by atoms with Crippen molar-refractivity contribution in [1.82, 2.24) is 9.97 Å². The highest BCUT2D eigenvalue weighted by molar-refractivity contribution is 6.08. The summed E-state index contributed by atoms with van der Waals surface area (Å²) in [7, 11) is 0. The molecule has 0 atom stereocenters. The lowest BCUT2D eigenvalue weighted by Gasteiger charge is -2.13. The molecular weight excluding hydrogens is 497 g/mol. The van der Waals surface area contributed by atoms with Crippen molar-refractivity contribution in [3.63, 3.8) is 0 Å². The predicted octanol–water partition coefficient (Wildman–Crippen LogP) is 5.94. The molecule has 1 heterocycles. The number of nitrogens with zero attached hydrogens (tertiary/aromatic N) is 2. The summed E-state index contributed by atoms with van der Waals surface area (Å²) >= 11 is 0. The lowest BCUT2D eigenvalue weighted by molar-refractivity contribution is -0.137. The van der Waals surface area contributed by atoms with Gasteiger partial charge in [-0.05, 0) is 73.5 Å². The van der Waals surface area contributed by atoms with Crippen LogP contribution in [0.2, 0.25) is 0 Å². The minimum atomic E-state index is -4.58. The van der Waals surface area contributed by atoms with Gasteiger partial charge in [-0.25, -0.2) is 9.97 Å². The number of amides is 2. The van der Waals surface area contributed by atoms with Crippen LogP contribution in [-0.4, -0.2) is 21.8 Å². The van der Waals surface area contributed by atoms with E-state index >= 15 is 0 Å². The number of carbonyl (C=O) groups excluding carboxylic acids is 2. The molecule has 0 spiro atoms. The first-order valence-corrected chi connectivity index (χ1v) is 11.3. The van der Waals surface area contributed by atoms with Gasteiger partial charge >= 0.3 is 6.18 Å². The van der Waals surface area contributed by atoms with Crippen molar-refractivity contribution in [3.05, 3.63) is 101 Å². The minimum Gasteiger partial charge on any atom is -0.399 e. The van der Waals surface area contributed by atoms with E-state index in [0.29, 0.717) is 34.1 Å². The molecule has 0 saturated carbocycles. The number of nitrogens with two attached hydrogens (primary N) is 1. The monoisotopic (exact) mass is 520 g/mol. The van der Waals surface area contributed by atoms with Crippen LogP contribution in [0.5, 0.6) is 0 Å². The largest absolute Gasteiger partial charge is 0.416 e. The van der Waals surface area contributed by atoms with Crippen molar-refractivity contribution in [3.8, 4) is 0 Å². The molecule has 0 aliphatic rings. The number of halogens is 3. The van der Waals surface area contributed by atoms with Crippen molar-refractivity contribution in [1.29, 1.82) is 0 Å². The first-order chi connectivity index (χ1) is 18.0. The number of carbonyl (C=O) groups is 2. The van der Waals surface area contributed by atoms with E-state index in [1.807, 2.05) is 0 Å². The fraction of sp³-hybridized carbons (Fsp3) is 0.111. The number of alkyl halides is 3. The van der Waals surface area contributed by atoms with Crippen LogP contribution >= 0.6 is 0 Å². The third-order valence-corrected chi connectivity index (χ3v) is 5.46. The van der Waals surface area contributed by atoms with Crippen LogP contribution in [0.15, 0.2) is 73.1 Å². The number of aromatic nitrogens is 2. The van der Waals surface area contributed by atoms with E-state index < -0.39 is 23.6 Å². The van der Waals surface area contributed by atoms with Crippen LogP contribution in [0.3, 0.4) is 0 Å². The molecule has 1 aromatic heterocycles. The van der Waals surface area contributed by atoms with Gasteiger partial charge < -0.3 is 21.7 Å². The molecule has 0 aliphatic carbocycles. The van der Waals surface area contributed by atoms with E-state index in [1.165, 1.54) is 31.5 Å². The average molecular weight is 521 g/mol. The Labute approximate surface area is 216 Å². The molecule has 38 heavy (non-hydrogen) atoms. The second-order valence-electron chi connectivity index (χ2n) is 8.57. The van der Waals surface area contributed by atoms with E-state index in [9.17, 15) is 22.8 Å². The van der Waals surface area contributed by atoms with Gasteiger partial charge in [0, 0.05) is 28.2 Å². The summed E-state index contributed by atoms with van der Waals surface area (Å²) in [4.78, 5) is 34.0. The van der Waals surface area contributed by atoms with Gasteiger partial charge in [-0.2, -0.15) is 13.2 Å². The summed E-state index contributed by atoms with van der Waals surface area (Å²) in [5, 5.41) is 8.25. The fourth-order valence-corrected chi connectivity index (χ4v) is 3.63. The summed E-state index contributed by atoms with van der Waals surface area (Å²) in [5.74, 6) is -0.904. The van der Waals surface area contributed by atoms with Gasteiger partial charge in [0.05, 0.1) is 23.6 Å². The standard InChI is InChI=1S/C27H23F3N6O2/c1-15-8-17(10-18(9-15)27(28,29)30)24(37)34-21-7-6-16(2)23(12-21)25(38)35-22-13-32-26(33-14-22)36-20-5-3-4-19(31)11-20/h3-14H,31H2,1-2H3,(H,34,37)(H,35,38)(H,32,33,36). The molecule has 0 fully saturated rings. The smallest absolute Gasteiger partial charge is 0.399 e. The van der Waals surface area contributed by atoms with Crippen LogP contribution in [0.25, 0.3) is 0 Å². The Hall–Kier alpha value is -4.93. The van der Waals surface area contributed by atoms with Crippen molar-refractivity contribution in [2.45, 2.75) is 20.0 Å². The Morgan fingerprint density at radius 2 is 1.53 bits per heavy atom. The molecule has 2 amide bonds. The quantitative estimate of drug-likeness (QED) is 0.233. The van der Waals surface area contributed by atoms with E-state index in [1.54, 1.807) is 43.3 Å². The zero-order valence-corrected chi connectivity index (χ0v) is 20.4. The van der Waals surface area contributed by atoms with Crippen molar-refractivity contribution >= 4 is 40.5 Å². The van der Waals surface area contributed by atoms with Gasteiger partial charge in [-0.3, -0.25) is 9.59 Å². The Bertz CT molecular complexity index is 1500. The summed E-state index contributed by atoms with van der Waals surface area (Å²) < 4.78 is 39.4. The van der Waals surface area contributed by atoms with Crippen molar-refractivity contribution in [2.75, 3.05) is 21.7 Å². The van der Waals surface area contributed by atoms with E-state index in [4.69, 9.17) is 5.73 Å². The molecule has 0 aliphatic heterocycles. The molecular formula is C27H23F3N6O2. The Morgan fingerprint density at radius 3 is 2.21 bits per heavy atom. The molecule has 5 N–H and O–H groups in total. The van der Waals surface area contributed by atoms with Gasteiger partial charge in [0.25, 0.3) is 11.8 Å². The van der Waals surface area contributed by atoms with Gasteiger partial charge in [-0.1, -0.05) is 12.1 Å². The molecule has 0 saturated heterocycles. The molecule has 194 valence electrons. The zero-order chi connectivity index (χ0) is 27.4. The van der Waals surface area contributed by atoms with Crippen LogP contribution < -0.4 is 21.7 Å². The van der Waals surface area contributed by atoms with E-state index in [2.05, 4.69) is 25.9 Å². The first kappa shape index (κ1) is 26.1. The number of hydrogen-bond acceptors (Lipinski definition) is 6. The number of nitrogens with one attached hydrogen (secondary N) is 3. The second-order valence-corrected chi connectivity index (χ2v) is 8.57. The summed E-state index contributed by atoms with van der Waals surface area (Å²) in [6, 6.07) is 14.8. The van der Waals surface area contributed by atoms with E-state index in [0.717, 1.165) is 12.1 Å². The maximum absolute atomic E-state index is 13.1. The maximum Gasteiger partial charge on any atom is 0.416 e. The van der Waals surface area contributed by atoms with Crippen LogP contribution in [-0.2, 0) is 6.18 Å². The summed E-state index contributed by atoms with van der Waals surface area (Å²) in [5.41, 5.74) is 7.74. The Kier molecular flexibility index (Phi) is 7.28. The topological polar surface area (TPSA) is 122 Å². The van der Waals surface area contributed by atoms with E-state index in [-0.39, 0.29) is 16.8 Å². The normalized spacial score (nSPS) is 11.1. The highest BCUT2D eigenvalue weighted by Gasteiger charge is 2.31. The minimum absolute atomic E-state index is 0.145. The molecule has 4 aromatic rings. The number of nitrogen functional groups attached to an aromatic ring is 1. The number of benzene rings is 3. The highest BCUT2D eigenvalue weighted by atomic mass is 19.4. The fourth-order valence-electron chi connectivity index (χ4n) is 3.63. The predicted molar refractivity (Wildman–Crippen MR) is 139 cm³/mol. The van der Waals surface area contributed by atoms with Crippen molar-refractivity contribution in [2.24, 2.45) is 0 Å². The third-order valence-electron chi connectivity index (χ3n) is 5.46. The SMILES string of the molecule is Cc1cc(C(=O)Nc2ccc(C)c(C(=O)Nc3cnc(Nc4cccc(N)c4)nc3)c2)cc(C(F)(F)F)c1. The summed E-state index contributed by atoms with van der Waals surface area (Å²) in [6.45, 7) is 3.19. The molecule has 8 nitrogen and oxygen atoms in total. The first-order valence-electron chi connectivity index (χ1n) is 11.3. The average Bonchev–Trinajstić information content (AvgIpc) is 2.85. The molecule has 4 rings (SSSR count).